The standard InChI is InChI=1S/C13H20N4O/c1-9-15-11(8-13(14)16-9)12-2-5-17(12)10-3-6-18-7-4-10/h8,10,12H,2-7H2,1H3,(H2,14,15,16). The molecule has 0 spiro atoms. The SMILES string of the molecule is Cc1nc(N)cc(C2CCN2C2CCOCC2)n1. The first-order valence-electron chi connectivity index (χ1n) is 6.68. The van der Waals surface area contributed by atoms with Crippen LogP contribution >= 0.6 is 0 Å². The van der Waals surface area contributed by atoms with Crippen LogP contribution in [0.2, 0.25) is 0 Å². The van der Waals surface area contributed by atoms with Gasteiger partial charge in [0.1, 0.15) is 11.6 Å². The third-order valence-electron chi connectivity index (χ3n) is 3.94. The number of rotatable bonds is 2. The van der Waals surface area contributed by atoms with Crippen molar-refractivity contribution in [3.63, 3.8) is 0 Å². The molecule has 0 aromatic carbocycles. The fourth-order valence-corrected chi connectivity index (χ4v) is 2.96. The van der Waals surface area contributed by atoms with Gasteiger partial charge in [-0.25, -0.2) is 9.97 Å². The predicted molar refractivity (Wildman–Crippen MR) is 69.1 cm³/mol. The van der Waals surface area contributed by atoms with E-state index in [2.05, 4.69) is 14.9 Å². The van der Waals surface area contributed by atoms with Crippen LogP contribution in [0.5, 0.6) is 0 Å². The predicted octanol–water partition coefficient (Wildman–Crippen LogP) is 1.29. The first-order valence-corrected chi connectivity index (χ1v) is 6.68. The van der Waals surface area contributed by atoms with E-state index < -0.39 is 0 Å². The van der Waals surface area contributed by atoms with Gasteiger partial charge in [0, 0.05) is 31.9 Å². The van der Waals surface area contributed by atoms with E-state index in [0.29, 0.717) is 17.9 Å². The van der Waals surface area contributed by atoms with Crippen molar-refractivity contribution < 1.29 is 4.74 Å². The van der Waals surface area contributed by atoms with Gasteiger partial charge >= 0.3 is 0 Å². The normalized spacial score (nSPS) is 25.9. The fraction of sp³-hybridized carbons (Fsp3) is 0.692. The Morgan fingerprint density at radius 1 is 1.28 bits per heavy atom. The van der Waals surface area contributed by atoms with E-state index in [1.807, 2.05) is 13.0 Å². The van der Waals surface area contributed by atoms with Crippen LogP contribution in [0.15, 0.2) is 6.07 Å². The fourth-order valence-electron chi connectivity index (χ4n) is 2.96. The molecular weight excluding hydrogens is 228 g/mol. The first kappa shape index (κ1) is 11.9. The third-order valence-corrected chi connectivity index (χ3v) is 3.94. The highest BCUT2D eigenvalue weighted by atomic mass is 16.5. The Morgan fingerprint density at radius 2 is 2.06 bits per heavy atom. The van der Waals surface area contributed by atoms with Gasteiger partial charge in [-0.05, 0) is 26.2 Å². The quantitative estimate of drug-likeness (QED) is 0.854. The summed E-state index contributed by atoms with van der Waals surface area (Å²) in [6.45, 7) is 4.84. The summed E-state index contributed by atoms with van der Waals surface area (Å²) in [6, 6.07) is 2.99. The second kappa shape index (κ2) is 4.82. The summed E-state index contributed by atoms with van der Waals surface area (Å²) in [4.78, 5) is 11.2. The molecule has 1 unspecified atom stereocenters. The molecule has 0 amide bonds. The van der Waals surface area contributed by atoms with Crippen molar-refractivity contribution in [2.24, 2.45) is 0 Å². The lowest BCUT2D eigenvalue weighted by Gasteiger charge is -2.47. The molecule has 0 bridgehead atoms. The number of nitrogen functional groups attached to an aromatic ring is 1. The molecule has 0 radical (unpaired) electrons. The van der Waals surface area contributed by atoms with Gasteiger partial charge in [-0.3, -0.25) is 4.90 Å². The van der Waals surface area contributed by atoms with Gasteiger partial charge < -0.3 is 10.5 Å². The van der Waals surface area contributed by atoms with Gasteiger partial charge in [-0.2, -0.15) is 0 Å². The number of anilines is 1. The average Bonchev–Trinajstić information content (AvgIpc) is 2.27. The van der Waals surface area contributed by atoms with Crippen LogP contribution in [-0.2, 0) is 4.74 Å². The molecule has 2 aliphatic heterocycles. The maximum atomic E-state index is 5.81. The van der Waals surface area contributed by atoms with E-state index in [9.17, 15) is 0 Å². The minimum Gasteiger partial charge on any atom is -0.384 e. The van der Waals surface area contributed by atoms with E-state index in [0.717, 1.165) is 44.1 Å². The van der Waals surface area contributed by atoms with E-state index in [4.69, 9.17) is 10.5 Å². The number of likely N-dealkylation sites (tertiary alicyclic amines) is 1. The van der Waals surface area contributed by atoms with Gasteiger partial charge in [0.25, 0.3) is 0 Å². The van der Waals surface area contributed by atoms with E-state index in [1.165, 1.54) is 6.42 Å². The molecule has 0 aliphatic carbocycles. The number of aryl methyl sites for hydroxylation is 1. The smallest absolute Gasteiger partial charge is 0.127 e. The first-order chi connectivity index (χ1) is 8.74. The summed E-state index contributed by atoms with van der Waals surface area (Å²) in [7, 11) is 0. The summed E-state index contributed by atoms with van der Waals surface area (Å²) >= 11 is 0. The summed E-state index contributed by atoms with van der Waals surface area (Å²) < 4.78 is 5.43. The number of hydrogen-bond acceptors (Lipinski definition) is 5. The molecule has 5 nitrogen and oxygen atoms in total. The van der Waals surface area contributed by atoms with Crippen LogP contribution in [0.3, 0.4) is 0 Å². The molecule has 2 aliphatic rings. The van der Waals surface area contributed by atoms with Crippen molar-refractivity contribution >= 4 is 5.82 Å². The minimum atomic E-state index is 0.428. The average molecular weight is 248 g/mol. The monoisotopic (exact) mass is 248 g/mol. The number of hydrogen-bond donors (Lipinski definition) is 1. The van der Waals surface area contributed by atoms with Crippen molar-refractivity contribution in [3.05, 3.63) is 17.6 Å². The largest absolute Gasteiger partial charge is 0.384 e. The molecule has 0 saturated carbocycles. The van der Waals surface area contributed by atoms with Gasteiger partial charge in [0.05, 0.1) is 11.7 Å². The number of nitrogens with zero attached hydrogens (tertiary/aromatic N) is 3. The zero-order valence-corrected chi connectivity index (χ0v) is 10.8. The maximum absolute atomic E-state index is 5.81. The lowest BCUT2D eigenvalue weighted by molar-refractivity contribution is -0.0257. The van der Waals surface area contributed by atoms with Crippen LogP contribution in [0, 0.1) is 6.92 Å². The summed E-state index contributed by atoms with van der Waals surface area (Å²) in [5, 5.41) is 0. The highest BCUT2D eigenvalue weighted by Gasteiger charge is 2.36. The highest BCUT2D eigenvalue weighted by Crippen LogP contribution is 2.36. The Hall–Kier alpha value is -1.20. The van der Waals surface area contributed by atoms with E-state index in [1.54, 1.807) is 0 Å². The molecule has 3 heterocycles. The molecule has 98 valence electrons. The number of nitrogens with two attached hydrogens (primary N) is 1. The van der Waals surface area contributed by atoms with E-state index >= 15 is 0 Å². The Bertz CT molecular complexity index is 411. The number of ether oxygens (including phenoxy) is 1. The zero-order chi connectivity index (χ0) is 12.5. The molecule has 1 aromatic heterocycles. The maximum Gasteiger partial charge on any atom is 0.127 e. The zero-order valence-electron chi connectivity index (χ0n) is 10.8. The van der Waals surface area contributed by atoms with Gasteiger partial charge in [0.15, 0.2) is 0 Å². The molecule has 18 heavy (non-hydrogen) atoms. The van der Waals surface area contributed by atoms with Gasteiger partial charge in [-0.15, -0.1) is 0 Å². The van der Waals surface area contributed by atoms with Crippen molar-refractivity contribution in [1.82, 2.24) is 14.9 Å². The lowest BCUT2D eigenvalue weighted by atomic mass is 9.93. The molecule has 2 N–H and O–H groups in total. The molecule has 1 atom stereocenters. The third kappa shape index (κ3) is 2.20. The van der Waals surface area contributed by atoms with Crippen molar-refractivity contribution in [1.29, 1.82) is 0 Å². The summed E-state index contributed by atoms with van der Waals surface area (Å²) in [6.07, 6.45) is 3.44. The molecule has 1 aromatic rings. The van der Waals surface area contributed by atoms with Crippen LogP contribution in [0.25, 0.3) is 0 Å². The highest BCUT2D eigenvalue weighted by molar-refractivity contribution is 5.31. The molecule has 3 rings (SSSR count). The molecule has 2 fully saturated rings. The minimum absolute atomic E-state index is 0.428. The van der Waals surface area contributed by atoms with E-state index in [-0.39, 0.29) is 0 Å². The number of aromatic nitrogens is 2. The van der Waals surface area contributed by atoms with Crippen molar-refractivity contribution in [2.45, 2.75) is 38.3 Å². The molecule has 5 heteroatoms. The van der Waals surface area contributed by atoms with Crippen LogP contribution in [0.1, 0.15) is 36.8 Å². The van der Waals surface area contributed by atoms with Crippen LogP contribution in [-0.4, -0.2) is 40.7 Å². The van der Waals surface area contributed by atoms with Crippen LogP contribution < -0.4 is 5.73 Å². The summed E-state index contributed by atoms with van der Waals surface area (Å²) in [5.41, 5.74) is 6.89. The summed E-state index contributed by atoms with van der Waals surface area (Å²) in [5.74, 6) is 1.35. The Labute approximate surface area is 107 Å². The second-order valence-electron chi connectivity index (χ2n) is 5.15. The van der Waals surface area contributed by atoms with Gasteiger partial charge in [-0.1, -0.05) is 0 Å². The van der Waals surface area contributed by atoms with Crippen LogP contribution in [0.4, 0.5) is 5.82 Å². The Morgan fingerprint density at radius 3 is 2.67 bits per heavy atom. The van der Waals surface area contributed by atoms with Crippen molar-refractivity contribution in [2.75, 3.05) is 25.5 Å². The lowest BCUT2D eigenvalue weighted by Crippen LogP contribution is -2.50. The topological polar surface area (TPSA) is 64.3 Å². The Balaban J connectivity index is 1.75. The second-order valence-corrected chi connectivity index (χ2v) is 5.15. The Kier molecular flexibility index (Phi) is 3.18. The molecule has 2 saturated heterocycles. The molecular formula is C13H20N4O. The van der Waals surface area contributed by atoms with Gasteiger partial charge in [0.2, 0.25) is 0 Å². The van der Waals surface area contributed by atoms with Crippen molar-refractivity contribution in [3.8, 4) is 0 Å².